The first-order valence-corrected chi connectivity index (χ1v) is 6.34. The molecule has 0 aromatic heterocycles. The number of nitrogens with one attached hydrogen (secondary N) is 2. The van der Waals surface area contributed by atoms with Crippen LogP contribution in [0.4, 0.5) is 10.1 Å². The lowest BCUT2D eigenvalue weighted by Gasteiger charge is -2.38. The van der Waals surface area contributed by atoms with Crippen molar-refractivity contribution in [2.24, 2.45) is 5.41 Å². The Labute approximate surface area is 107 Å². The fourth-order valence-corrected chi connectivity index (χ4v) is 2.17. The number of benzene rings is 1. The molecule has 0 heterocycles. The highest BCUT2D eigenvalue weighted by Gasteiger charge is 2.31. The summed E-state index contributed by atoms with van der Waals surface area (Å²) in [7, 11) is 0. The van der Waals surface area contributed by atoms with Crippen molar-refractivity contribution in [2.45, 2.75) is 26.2 Å². The van der Waals surface area contributed by atoms with Crippen molar-refractivity contribution < 1.29 is 9.18 Å². The van der Waals surface area contributed by atoms with Crippen LogP contribution in [0, 0.1) is 11.2 Å². The Morgan fingerprint density at radius 3 is 2.56 bits per heavy atom. The van der Waals surface area contributed by atoms with Gasteiger partial charge < -0.3 is 10.6 Å². The lowest BCUT2D eigenvalue weighted by atomic mass is 9.70. The summed E-state index contributed by atoms with van der Waals surface area (Å²) in [6, 6.07) is 5.78. The number of carbonyl (C=O) groups is 1. The molecule has 3 nitrogen and oxygen atoms in total. The first-order chi connectivity index (χ1) is 8.57. The maximum Gasteiger partial charge on any atom is 0.238 e. The van der Waals surface area contributed by atoms with Crippen LogP contribution in [-0.4, -0.2) is 19.0 Å². The summed E-state index contributed by atoms with van der Waals surface area (Å²) in [6.45, 7) is 3.41. The van der Waals surface area contributed by atoms with Gasteiger partial charge in [-0.15, -0.1) is 0 Å². The molecule has 4 heteroatoms. The highest BCUT2D eigenvalue weighted by Crippen LogP contribution is 2.39. The monoisotopic (exact) mass is 250 g/mol. The highest BCUT2D eigenvalue weighted by atomic mass is 19.1. The van der Waals surface area contributed by atoms with Gasteiger partial charge >= 0.3 is 0 Å². The molecular formula is C14H19FN2O. The molecule has 1 saturated carbocycles. The van der Waals surface area contributed by atoms with Gasteiger partial charge in [0.15, 0.2) is 0 Å². The van der Waals surface area contributed by atoms with E-state index in [0.29, 0.717) is 17.6 Å². The molecule has 0 saturated heterocycles. The zero-order chi connectivity index (χ0) is 13.0. The van der Waals surface area contributed by atoms with Crippen LogP contribution in [0.15, 0.2) is 24.3 Å². The molecule has 0 aliphatic heterocycles. The number of anilines is 1. The van der Waals surface area contributed by atoms with Gasteiger partial charge in [-0.3, -0.25) is 4.79 Å². The van der Waals surface area contributed by atoms with Crippen molar-refractivity contribution in [1.82, 2.24) is 5.32 Å². The molecule has 98 valence electrons. The molecular weight excluding hydrogens is 231 g/mol. The van der Waals surface area contributed by atoms with Crippen LogP contribution >= 0.6 is 0 Å². The molecule has 1 aliphatic carbocycles. The molecule has 0 radical (unpaired) electrons. The normalized spacial score (nSPS) is 17.0. The van der Waals surface area contributed by atoms with Gasteiger partial charge in [-0.25, -0.2) is 4.39 Å². The largest absolute Gasteiger partial charge is 0.325 e. The van der Waals surface area contributed by atoms with Gasteiger partial charge in [-0.05, 0) is 42.5 Å². The Morgan fingerprint density at radius 2 is 2.00 bits per heavy atom. The molecule has 0 atom stereocenters. The lowest BCUT2D eigenvalue weighted by molar-refractivity contribution is -0.115. The van der Waals surface area contributed by atoms with Crippen LogP contribution < -0.4 is 10.6 Å². The molecule has 1 amide bonds. The van der Waals surface area contributed by atoms with Crippen LogP contribution in [0.5, 0.6) is 0 Å². The maximum atomic E-state index is 12.7. The van der Waals surface area contributed by atoms with Crippen LogP contribution in [0.25, 0.3) is 0 Å². The van der Waals surface area contributed by atoms with Crippen LogP contribution in [0.1, 0.15) is 26.2 Å². The Hall–Kier alpha value is -1.42. The van der Waals surface area contributed by atoms with Gasteiger partial charge in [-0.2, -0.15) is 0 Å². The minimum absolute atomic E-state index is 0.0930. The Balaban J connectivity index is 1.70. The van der Waals surface area contributed by atoms with Gasteiger partial charge in [-0.1, -0.05) is 13.3 Å². The molecule has 0 bridgehead atoms. The van der Waals surface area contributed by atoms with Gasteiger partial charge in [0.1, 0.15) is 5.82 Å². The first kappa shape index (κ1) is 13.0. The maximum absolute atomic E-state index is 12.7. The number of rotatable bonds is 5. The molecule has 2 rings (SSSR count). The molecule has 1 aromatic carbocycles. The average Bonchev–Trinajstić information content (AvgIpc) is 2.30. The number of amides is 1. The third kappa shape index (κ3) is 3.53. The minimum atomic E-state index is -0.302. The molecule has 1 fully saturated rings. The standard InChI is InChI=1S/C14H19FN2O/c1-14(7-2-8-14)10-16-9-13(18)17-12-5-3-11(15)4-6-12/h3-6,16H,2,7-10H2,1H3,(H,17,18). The summed E-state index contributed by atoms with van der Waals surface area (Å²) in [5.41, 5.74) is 0.994. The number of carbonyl (C=O) groups excluding carboxylic acids is 1. The minimum Gasteiger partial charge on any atom is -0.325 e. The molecule has 1 aromatic rings. The predicted molar refractivity (Wildman–Crippen MR) is 69.9 cm³/mol. The van der Waals surface area contributed by atoms with Gasteiger partial charge in [0.05, 0.1) is 6.54 Å². The second-order valence-corrected chi connectivity index (χ2v) is 5.32. The van der Waals surface area contributed by atoms with Crippen molar-refractivity contribution in [3.63, 3.8) is 0 Å². The molecule has 18 heavy (non-hydrogen) atoms. The number of halogens is 1. The zero-order valence-electron chi connectivity index (χ0n) is 10.6. The van der Waals surface area contributed by atoms with E-state index in [1.54, 1.807) is 12.1 Å². The summed E-state index contributed by atoms with van der Waals surface area (Å²) >= 11 is 0. The first-order valence-electron chi connectivity index (χ1n) is 6.34. The van der Waals surface area contributed by atoms with Crippen molar-refractivity contribution in [1.29, 1.82) is 0 Å². The van der Waals surface area contributed by atoms with Gasteiger partial charge in [0, 0.05) is 12.2 Å². The predicted octanol–water partition coefficient (Wildman–Crippen LogP) is 2.54. The average molecular weight is 250 g/mol. The third-order valence-corrected chi connectivity index (χ3v) is 3.53. The Kier molecular flexibility index (Phi) is 3.97. The summed E-state index contributed by atoms with van der Waals surface area (Å²) in [5, 5.41) is 5.90. The Morgan fingerprint density at radius 1 is 1.33 bits per heavy atom. The lowest BCUT2D eigenvalue weighted by Crippen LogP contribution is -2.40. The smallest absolute Gasteiger partial charge is 0.238 e. The van der Waals surface area contributed by atoms with E-state index in [1.807, 2.05) is 0 Å². The molecule has 0 unspecified atom stereocenters. The second-order valence-electron chi connectivity index (χ2n) is 5.32. The van der Waals surface area contributed by atoms with E-state index < -0.39 is 0 Å². The van der Waals surface area contributed by atoms with Crippen molar-refractivity contribution in [2.75, 3.05) is 18.4 Å². The van der Waals surface area contributed by atoms with Crippen molar-refractivity contribution in [3.05, 3.63) is 30.1 Å². The van der Waals surface area contributed by atoms with E-state index in [9.17, 15) is 9.18 Å². The topological polar surface area (TPSA) is 41.1 Å². The molecule has 0 spiro atoms. The molecule has 2 N–H and O–H groups in total. The van der Waals surface area contributed by atoms with Crippen molar-refractivity contribution in [3.8, 4) is 0 Å². The SMILES string of the molecule is CC1(CNCC(=O)Nc2ccc(F)cc2)CCC1. The van der Waals surface area contributed by atoms with E-state index in [0.717, 1.165) is 6.54 Å². The number of hydrogen-bond donors (Lipinski definition) is 2. The fraction of sp³-hybridized carbons (Fsp3) is 0.500. The zero-order valence-corrected chi connectivity index (χ0v) is 10.6. The van der Waals surface area contributed by atoms with Crippen LogP contribution in [0.3, 0.4) is 0 Å². The van der Waals surface area contributed by atoms with E-state index in [2.05, 4.69) is 17.6 Å². The highest BCUT2D eigenvalue weighted by molar-refractivity contribution is 5.92. The third-order valence-electron chi connectivity index (χ3n) is 3.53. The van der Waals surface area contributed by atoms with Crippen molar-refractivity contribution >= 4 is 11.6 Å². The van der Waals surface area contributed by atoms with E-state index in [-0.39, 0.29) is 11.7 Å². The van der Waals surface area contributed by atoms with E-state index >= 15 is 0 Å². The second kappa shape index (κ2) is 5.48. The molecule has 1 aliphatic rings. The number of hydrogen-bond acceptors (Lipinski definition) is 2. The van der Waals surface area contributed by atoms with Gasteiger partial charge in [0.2, 0.25) is 5.91 Å². The van der Waals surface area contributed by atoms with E-state index in [4.69, 9.17) is 0 Å². The summed E-state index contributed by atoms with van der Waals surface area (Å²) < 4.78 is 12.7. The fourth-order valence-electron chi connectivity index (χ4n) is 2.17. The van der Waals surface area contributed by atoms with E-state index in [1.165, 1.54) is 31.4 Å². The van der Waals surface area contributed by atoms with Crippen LogP contribution in [-0.2, 0) is 4.79 Å². The van der Waals surface area contributed by atoms with Gasteiger partial charge in [0.25, 0.3) is 0 Å². The Bertz CT molecular complexity index is 412. The summed E-state index contributed by atoms with van der Waals surface area (Å²) in [6.07, 6.45) is 3.76. The quantitative estimate of drug-likeness (QED) is 0.843. The van der Waals surface area contributed by atoms with Crippen LogP contribution in [0.2, 0.25) is 0 Å². The summed E-state index contributed by atoms with van der Waals surface area (Å²) in [4.78, 5) is 11.6. The summed E-state index contributed by atoms with van der Waals surface area (Å²) in [5.74, 6) is -0.395.